The highest BCUT2D eigenvalue weighted by Crippen LogP contribution is 2.34. The molecule has 2 unspecified atom stereocenters. The molecule has 1 aromatic heterocycles. The summed E-state index contributed by atoms with van der Waals surface area (Å²) in [5.74, 6) is -0.952. The number of carboxylic acid groups (broad SMARTS) is 1. The Bertz CT molecular complexity index is 875. The zero-order valence-corrected chi connectivity index (χ0v) is 15.9. The largest absolute Gasteiger partial charge is 0.481 e. The van der Waals surface area contributed by atoms with Crippen molar-refractivity contribution in [1.29, 1.82) is 0 Å². The highest BCUT2D eigenvalue weighted by molar-refractivity contribution is 7.08. The summed E-state index contributed by atoms with van der Waals surface area (Å²) in [5, 5.41) is 13.8. The summed E-state index contributed by atoms with van der Waals surface area (Å²) in [5.41, 5.74) is 4.88. The van der Waals surface area contributed by atoms with Crippen molar-refractivity contribution in [3.63, 3.8) is 0 Å². The van der Waals surface area contributed by atoms with E-state index in [9.17, 15) is 9.90 Å². The van der Waals surface area contributed by atoms with Crippen molar-refractivity contribution in [2.45, 2.75) is 18.9 Å². The monoisotopic (exact) mass is 377 g/mol. The van der Waals surface area contributed by atoms with Crippen LogP contribution in [-0.4, -0.2) is 29.1 Å². The Morgan fingerprint density at radius 1 is 1.00 bits per heavy atom. The third-order valence-electron chi connectivity index (χ3n) is 5.36. The Hall–Kier alpha value is -2.43. The first-order chi connectivity index (χ1) is 13.2. The molecule has 1 aliphatic heterocycles. The molecule has 3 nitrogen and oxygen atoms in total. The molecule has 27 heavy (non-hydrogen) atoms. The predicted molar refractivity (Wildman–Crippen MR) is 110 cm³/mol. The molecule has 1 fully saturated rings. The van der Waals surface area contributed by atoms with Crippen LogP contribution in [0.5, 0.6) is 0 Å². The van der Waals surface area contributed by atoms with Gasteiger partial charge < -0.3 is 5.11 Å². The van der Waals surface area contributed by atoms with Crippen LogP contribution in [0.3, 0.4) is 0 Å². The number of thiophene rings is 1. The second-order valence-corrected chi connectivity index (χ2v) is 7.90. The van der Waals surface area contributed by atoms with Gasteiger partial charge in [-0.25, -0.2) is 0 Å². The van der Waals surface area contributed by atoms with E-state index in [-0.39, 0.29) is 12.0 Å². The maximum absolute atomic E-state index is 11.5. The number of hydrogen-bond donors (Lipinski definition) is 1. The fraction of sp³-hybridized carbons (Fsp3) is 0.261. The minimum absolute atomic E-state index is 0.114. The van der Waals surface area contributed by atoms with Crippen molar-refractivity contribution in [3.05, 3.63) is 82.6 Å². The van der Waals surface area contributed by atoms with E-state index < -0.39 is 5.97 Å². The number of aliphatic carboxylic acids is 1. The van der Waals surface area contributed by atoms with Gasteiger partial charge in [-0.05, 0) is 58.5 Å². The van der Waals surface area contributed by atoms with Crippen LogP contribution in [-0.2, 0) is 4.79 Å². The summed E-state index contributed by atoms with van der Waals surface area (Å²) in [6.07, 6.45) is 1.70. The van der Waals surface area contributed by atoms with Crippen LogP contribution >= 0.6 is 11.3 Å². The average molecular weight is 378 g/mol. The van der Waals surface area contributed by atoms with Crippen molar-refractivity contribution >= 4 is 17.3 Å². The van der Waals surface area contributed by atoms with Crippen molar-refractivity contribution in [2.75, 3.05) is 13.1 Å². The molecule has 138 valence electrons. The van der Waals surface area contributed by atoms with Crippen LogP contribution in [0.4, 0.5) is 0 Å². The molecular formula is C23H23NO2S. The molecular weight excluding hydrogens is 354 g/mol. The molecule has 1 N–H and O–H groups in total. The van der Waals surface area contributed by atoms with Gasteiger partial charge in [0.05, 0.1) is 12.0 Å². The van der Waals surface area contributed by atoms with Gasteiger partial charge in [0.2, 0.25) is 0 Å². The van der Waals surface area contributed by atoms with Crippen molar-refractivity contribution in [1.82, 2.24) is 4.90 Å². The van der Waals surface area contributed by atoms with Gasteiger partial charge in [-0.15, -0.1) is 0 Å². The number of carbonyl (C=O) groups is 1. The third-order valence-corrected chi connectivity index (χ3v) is 6.06. The molecule has 0 saturated carbocycles. The Labute approximate surface area is 163 Å². The van der Waals surface area contributed by atoms with E-state index in [4.69, 9.17) is 0 Å². The molecule has 2 heterocycles. The zero-order chi connectivity index (χ0) is 18.6. The maximum Gasteiger partial charge on any atom is 0.307 e. The van der Waals surface area contributed by atoms with Crippen molar-refractivity contribution in [3.8, 4) is 11.1 Å². The van der Waals surface area contributed by atoms with E-state index in [1.165, 1.54) is 22.3 Å². The summed E-state index contributed by atoms with van der Waals surface area (Å²) >= 11 is 1.69. The van der Waals surface area contributed by atoms with Crippen LogP contribution in [0.1, 0.15) is 30.0 Å². The SMILES string of the molecule is O=C(O)C1CCCN(C(c2ccc(-c3ccccc3)cc2)c2ccsc2)C1. The van der Waals surface area contributed by atoms with Gasteiger partial charge in [0.25, 0.3) is 0 Å². The van der Waals surface area contributed by atoms with Crippen LogP contribution in [0.2, 0.25) is 0 Å². The molecule has 4 rings (SSSR count). The molecule has 2 atom stereocenters. The van der Waals surface area contributed by atoms with Gasteiger partial charge in [0.15, 0.2) is 0 Å². The molecule has 0 aliphatic carbocycles. The zero-order valence-electron chi connectivity index (χ0n) is 15.1. The Kier molecular flexibility index (Phi) is 5.37. The van der Waals surface area contributed by atoms with E-state index in [1.54, 1.807) is 11.3 Å². The summed E-state index contributed by atoms with van der Waals surface area (Å²) < 4.78 is 0. The molecule has 0 spiro atoms. The lowest BCUT2D eigenvalue weighted by atomic mass is 9.91. The highest BCUT2D eigenvalue weighted by Gasteiger charge is 2.31. The molecule has 4 heteroatoms. The smallest absolute Gasteiger partial charge is 0.307 e. The predicted octanol–water partition coefficient (Wildman–Crippen LogP) is 5.30. The lowest BCUT2D eigenvalue weighted by molar-refractivity contribution is -0.143. The number of piperidine rings is 1. The van der Waals surface area contributed by atoms with Gasteiger partial charge in [0, 0.05) is 6.54 Å². The first-order valence-corrected chi connectivity index (χ1v) is 10.3. The van der Waals surface area contributed by atoms with Gasteiger partial charge in [-0.1, -0.05) is 54.6 Å². The lowest BCUT2D eigenvalue weighted by Gasteiger charge is -2.37. The summed E-state index contributed by atoms with van der Waals surface area (Å²) in [4.78, 5) is 13.9. The summed E-state index contributed by atoms with van der Waals surface area (Å²) in [6, 6.07) is 21.4. The van der Waals surface area contributed by atoms with Crippen LogP contribution < -0.4 is 0 Å². The molecule has 1 aliphatic rings. The standard InChI is InChI=1S/C23H23NO2S/c25-23(26)20-7-4-13-24(15-20)22(21-12-14-27-16-21)19-10-8-18(9-11-19)17-5-2-1-3-6-17/h1-3,5-6,8-12,14,16,20,22H,4,7,13,15H2,(H,25,26). The van der Waals surface area contributed by atoms with Crippen molar-refractivity contribution in [2.24, 2.45) is 5.92 Å². The molecule has 0 amide bonds. The lowest BCUT2D eigenvalue weighted by Crippen LogP contribution is -2.41. The highest BCUT2D eigenvalue weighted by atomic mass is 32.1. The van der Waals surface area contributed by atoms with E-state index >= 15 is 0 Å². The first-order valence-electron chi connectivity index (χ1n) is 9.37. The topological polar surface area (TPSA) is 40.5 Å². The minimum atomic E-state index is -0.678. The first kappa shape index (κ1) is 18.0. The van der Waals surface area contributed by atoms with Gasteiger partial charge in [0.1, 0.15) is 0 Å². The fourth-order valence-electron chi connectivity index (χ4n) is 3.98. The third kappa shape index (κ3) is 3.97. The molecule has 3 aromatic rings. The molecule has 0 radical (unpaired) electrons. The van der Waals surface area contributed by atoms with E-state index in [0.717, 1.165) is 19.4 Å². The number of carboxylic acids is 1. The van der Waals surface area contributed by atoms with Crippen molar-refractivity contribution < 1.29 is 9.90 Å². The number of hydrogen-bond acceptors (Lipinski definition) is 3. The van der Waals surface area contributed by atoms with Gasteiger partial charge in [-0.2, -0.15) is 11.3 Å². The Morgan fingerprint density at radius 2 is 1.74 bits per heavy atom. The number of likely N-dealkylation sites (tertiary alicyclic amines) is 1. The number of rotatable bonds is 5. The molecule has 1 saturated heterocycles. The minimum Gasteiger partial charge on any atom is -0.481 e. The fourth-order valence-corrected chi connectivity index (χ4v) is 4.65. The van der Waals surface area contributed by atoms with Crippen LogP contribution in [0.25, 0.3) is 11.1 Å². The normalized spacial score (nSPS) is 18.9. The second kappa shape index (κ2) is 8.07. The van der Waals surface area contributed by atoms with E-state index in [0.29, 0.717) is 6.54 Å². The summed E-state index contributed by atoms with van der Waals surface area (Å²) in [6.45, 7) is 1.54. The van der Waals surface area contributed by atoms with Crippen LogP contribution in [0.15, 0.2) is 71.4 Å². The Morgan fingerprint density at radius 3 is 2.41 bits per heavy atom. The summed E-state index contributed by atoms with van der Waals surface area (Å²) in [7, 11) is 0. The van der Waals surface area contributed by atoms with E-state index in [1.807, 2.05) is 6.07 Å². The average Bonchev–Trinajstić information content (AvgIpc) is 3.24. The van der Waals surface area contributed by atoms with Gasteiger partial charge in [-0.3, -0.25) is 9.69 Å². The van der Waals surface area contributed by atoms with Crippen LogP contribution in [0, 0.1) is 5.92 Å². The van der Waals surface area contributed by atoms with E-state index in [2.05, 4.69) is 70.3 Å². The van der Waals surface area contributed by atoms with Gasteiger partial charge >= 0.3 is 5.97 Å². The maximum atomic E-state index is 11.5. The molecule has 0 bridgehead atoms. The Balaban J connectivity index is 1.64. The quantitative estimate of drug-likeness (QED) is 0.656. The number of benzene rings is 2. The second-order valence-electron chi connectivity index (χ2n) is 7.12. The number of nitrogens with zero attached hydrogens (tertiary/aromatic N) is 1. The molecule has 2 aromatic carbocycles.